The van der Waals surface area contributed by atoms with Gasteiger partial charge in [0.1, 0.15) is 0 Å². The fraction of sp³-hybridized carbons (Fsp3) is 1.00. The summed E-state index contributed by atoms with van der Waals surface area (Å²) in [5.41, 5.74) is 0. The van der Waals surface area contributed by atoms with E-state index in [1.807, 2.05) is 0 Å². The Kier molecular flexibility index (Phi) is 5.04. The highest BCUT2D eigenvalue weighted by atomic mass is 15.3. The molecule has 2 nitrogen and oxygen atoms in total. The third-order valence-electron chi connectivity index (χ3n) is 6.27. The van der Waals surface area contributed by atoms with E-state index in [1.54, 1.807) is 0 Å². The van der Waals surface area contributed by atoms with Gasteiger partial charge in [-0.1, -0.05) is 26.2 Å². The number of nitrogens with one attached hydrogen (secondary N) is 1. The van der Waals surface area contributed by atoms with E-state index in [9.17, 15) is 0 Å². The lowest BCUT2D eigenvalue weighted by Crippen LogP contribution is -2.54. The molecule has 0 radical (unpaired) electrons. The Hall–Kier alpha value is -0.0800. The summed E-state index contributed by atoms with van der Waals surface area (Å²) in [5.74, 6) is 0.993. The van der Waals surface area contributed by atoms with Crippen LogP contribution in [0.1, 0.15) is 78.1 Å². The van der Waals surface area contributed by atoms with Crippen LogP contribution in [0.15, 0.2) is 0 Å². The summed E-state index contributed by atoms with van der Waals surface area (Å²) < 4.78 is 0. The van der Waals surface area contributed by atoms with E-state index in [1.165, 1.54) is 70.8 Å². The summed E-state index contributed by atoms with van der Waals surface area (Å²) in [6, 6.07) is 3.43. The van der Waals surface area contributed by atoms with Crippen molar-refractivity contribution in [3.05, 3.63) is 0 Å². The number of hydrogen-bond acceptors (Lipinski definition) is 2. The minimum atomic E-state index is 0.808. The molecule has 2 heteroatoms. The van der Waals surface area contributed by atoms with Gasteiger partial charge >= 0.3 is 0 Å². The monoisotopic (exact) mass is 278 g/mol. The fourth-order valence-corrected chi connectivity index (χ4v) is 5.25. The molecular weight excluding hydrogens is 244 g/mol. The molecule has 3 aliphatic rings. The molecule has 0 spiro atoms. The maximum absolute atomic E-state index is 3.78. The minimum Gasteiger partial charge on any atom is -0.314 e. The average Bonchev–Trinajstić information content (AvgIpc) is 2.76. The standard InChI is InChI=1S/C18H34N2/c1-3-11-19-16-12-17-9-10-18(13-16)20(17)14(2)15-7-5-4-6-8-15/h14-19H,3-13H2,1-2H3. The molecule has 0 aromatic rings. The van der Waals surface area contributed by atoms with Gasteiger partial charge in [0, 0.05) is 24.2 Å². The highest BCUT2D eigenvalue weighted by Crippen LogP contribution is 2.41. The maximum Gasteiger partial charge on any atom is 0.0116 e. The van der Waals surface area contributed by atoms with Crippen molar-refractivity contribution in [2.45, 2.75) is 102 Å². The van der Waals surface area contributed by atoms with Gasteiger partial charge in [-0.15, -0.1) is 0 Å². The van der Waals surface area contributed by atoms with E-state index in [0.29, 0.717) is 0 Å². The lowest BCUT2D eigenvalue weighted by Gasteiger charge is -2.46. The molecule has 0 aromatic carbocycles. The van der Waals surface area contributed by atoms with Crippen LogP contribution in [0.2, 0.25) is 0 Å². The van der Waals surface area contributed by atoms with Crippen LogP contribution in [-0.2, 0) is 0 Å². The Morgan fingerprint density at radius 1 is 1.00 bits per heavy atom. The SMILES string of the molecule is CCCNC1CC2CCC(C1)N2C(C)C1CCCCC1. The number of piperidine rings is 1. The second kappa shape index (κ2) is 6.79. The molecule has 1 aliphatic carbocycles. The lowest BCUT2D eigenvalue weighted by molar-refractivity contribution is 0.0394. The van der Waals surface area contributed by atoms with Gasteiger partial charge in [-0.3, -0.25) is 4.90 Å². The van der Waals surface area contributed by atoms with E-state index in [0.717, 1.165) is 30.1 Å². The van der Waals surface area contributed by atoms with Crippen LogP contribution >= 0.6 is 0 Å². The predicted molar refractivity (Wildman–Crippen MR) is 86.0 cm³/mol. The molecule has 1 N–H and O–H groups in total. The summed E-state index contributed by atoms with van der Waals surface area (Å²) in [6.45, 7) is 6.03. The van der Waals surface area contributed by atoms with Crippen molar-refractivity contribution in [1.82, 2.24) is 10.2 Å². The average molecular weight is 278 g/mol. The third kappa shape index (κ3) is 3.06. The summed E-state index contributed by atoms with van der Waals surface area (Å²) >= 11 is 0. The van der Waals surface area contributed by atoms with Gasteiger partial charge in [-0.05, 0) is 64.3 Å². The highest BCUT2D eigenvalue weighted by Gasteiger charge is 2.44. The Morgan fingerprint density at radius 3 is 2.25 bits per heavy atom. The molecule has 2 saturated heterocycles. The summed E-state index contributed by atoms with van der Waals surface area (Å²) in [5, 5.41) is 3.78. The first kappa shape index (κ1) is 14.8. The van der Waals surface area contributed by atoms with Gasteiger partial charge in [-0.25, -0.2) is 0 Å². The zero-order valence-electron chi connectivity index (χ0n) is 13.6. The molecule has 2 aliphatic heterocycles. The van der Waals surface area contributed by atoms with E-state index >= 15 is 0 Å². The highest BCUT2D eigenvalue weighted by molar-refractivity contribution is 5.00. The summed E-state index contributed by atoms with van der Waals surface area (Å²) in [6.07, 6.45) is 14.5. The second-order valence-corrected chi connectivity index (χ2v) is 7.59. The van der Waals surface area contributed by atoms with Crippen LogP contribution in [0.3, 0.4) is 0 Å². The number of fused-ring (bicyclic) bond motifs is 2. The molecule has 3 unspecified atom stereocenters. The topological polar surface area (TPSA) is 15.3 Å². The van der Waals surface area contributed by atoms with Crippen LogP contribution in [-0.4, -0.2) is 35.6 Å². The Bertz CT molecular complexity index is 284. The molecule has 116 valence electrons. The fourth-order valence-electron chi connectivity index (χ4n) is 5.25. The van der Waals surface area contributed by atoms with Crippen molar-refractivity contribution >= 4 is 0 Å². The molecule has 20 heavy (non-hydrogen) atoms. The molecular formula is C18H34N2. The van der Waals surface area contributed by atoms with Crippen molar-refractivity contribution in [3.63, 3.8) is 0 Å². The first-order valence-electron chi connectivity index (χ1n) is 9.30. The number of rotatable bonds is 5. The maximum atomic E-state index is 3.78. The van der Waals surface area contributed by atoms with Crippen molar-refractivity contribution < 1.29 is 0 Å². The van der Waals surface area contributed by atoms with Gasteiger partial charge in [0.2, 0.25) is 0 Å². The Morgan fingerprint density at radius 2 is 1.65 bits per heavy atom. The van der Waals surface area contributed by atoms with Gasteiger partial charge in [0.15, 0.2) is 0 Å². The number of hydrogen-bond donors (Lipinski definition) is 1. The van der Waals surface area contributed by atoms with Crippen molar-refractivity contribution in [2.75, 3.05) is 6.54 Å². The quantitative estimate of drug-likeness (QED) is 0.819. The number of nitrogens with zero attached hydrogens (tertiary/aromatic N) is 1. The van der Waals surface area contributed by atoms with E-state index in [2.05, 4.69) is 24.1 Å². The molecule has 2 bridgehead atoms. The smallest absolute Gasteiger partial charge is 0.0116 e. The molecule has 2 heterocycles. The first-order chi connectivity index (χ1) is 9.79. The van der Waals surface area contributed by atoms with Crippen molar-refractivity contribution in [3.8, 4) is 0 Å². The molecule has 3 fully saturated rings. The normalized spacial score (nSPS) is 37.2. The van der Waals surface area contributed by atoms with Crippen LogP contribution in [0.5, 0.6) is 0 Å². The lowest BCUT2D eigenvalue weighted by atomic mass is 9.82. The van der Waals surface area contributed by atoms with Crippen LogP contribution in [0.4, 0.5) is 0 Å². The zero-order valence-corrected chi connectivity index (χ0v) is 13.6. The minimum absolute atomic E-state index is 0.808. The molecule has 0 amide bonds. The second-order valence-electron chi connectivity index (χ2n) is 7.59. The van der Waals surface area contributed by atoms with Crippen molar-refractivity contribution in [2.24, 2.45) is 5.92 Å². The largest absolute Gasteiger partial charge is 0.314 e. The molecule has 0 aromatic heterocycles. The summed E-state index contributed by atoms with van der Waals surface area (Å²) in [4.78, 5) is 2.96. The van der Waals surface area contributed by atoms with Gasteiger partial charge in [0.25, 0.3) is 0 Å². The Balaban J connectivity index is 1.58. The Labute approximate surface area is 125 Å². The molecule has 3 atom stereocenters. The van der Waals surface area contributed by atoms with Crippen LogP contribution in [0, 0.1) is 5.92 Å². The molecule has 1 saturated carbocycles. The van der Waals surface area contributed by atoms with E-state index in [4.69, 9.17) is 0 Å². The van der Waals surface area contributed by atoms with E-state index in [-0.39, 0.29) is 0 Å². The van der Waals surface area contributed by atoms with E-state index < -0.39 is 0 Å². The first-order valence-corrected chi connectivity index (χ1v) is 9.30. The van der Waals surface area contributed by atoms with Crippen LogP contribution < -0.4 is 5.32 Å². The molecule has 3 rings (SSSR count). The third-order valence-corrected chi connectivity index (χ3v) is 6.27. The predicted octanol–water partition coefficient (Wildman–Crippen LogP) is 3.95. The van der Waals surface area contributed by atoms with Gasteiger partial charge in [-0.2, -0.15) is 0 Å². The van der Waals surface area contributed by atoms with Gasteiger partial charge in [0.05, 0.1) is 0 Å². The van der Waals surface area contributed by atoms with Crippen molar-refractivity contribution in [1.29, 1.82) is 0 Å². The van der Waals surface area contributed by atoms with Crippen LogP contribution in [0.25, 0.3) is 0 Å². The van der Waals surface area contributed by atoms with Gasteiger partial charge < -0.3 is 5.32 Å². The summed E-state index contributed by atoms with van der Waals surface area (Å²) in [7, 11) is 0. The zero-order chi connectivity index (χ0) is 13.9.